The van der Waals surface area contributed by atoms with Gasteiger partial charge in [0.15, 0.2) is 0 Å². The normalized spacial score (nSPS) is 13.9. The molecule has 8 nitrogen and oxygen atoms in total. The molecule has 0 spiro atoms. The van der Waals surface area contributed by atoms with Gasteiger partial charge in [-0.2, -0.15) is 5.10 Å². The van der Waals surface area contributed by atoms with Crippen molar-refractivity contribution in [2.45, 2.75) is 65.3 Å². The van der Waals surface area contributed by atoms with E-state index in [4.69, 9.17) is 9.84 Å². The first-order chi connectivity index (χ1) is 22.2. The molecule has 0 radical (unpaired) electrons. The largest absolute Gasteiger partial charge is 0.493 e. The lowest BCUT2D eigenvalue weighted by atomic mass is 9.92. The van der Waals surface area contributed by atoms with Gasteiger partial charge in [0.1, 0.15) is 11.6 Å². The number of piperidine rings is 1. The molecule has 0 bridgehead atoms. The van der Waals surface area contributed by atoms with Crippen LogP contribution < -0.4 is 15.4 Å². The van der Waals surface area contributed by atoms with Crippen molar-refractivity contribution in [1.29, 1.82) is 0 Å². The lowest BCUT2D eigenvalue weighted by Gasteiger charge is -2.26. The number of hydrogen-bond acceptors (Lipinski definition) is 5. The van der Waals surface area contributed by atoms with E-state index in [-0.39, 0.29) is 11.4 Å². The molecule has 0 unspecified atom stereocenters. The van der Waals surface area contributed by atoms with Crippen LogP contribution in [0.15, 0.2) is 85.1 Å². The van der Waals surface area contributed by atoms with E-state index in [0.717, 1.165) is 65.2 Å². The Morgan fingerprint density at radius 1 is 0.891 bits per heavy atom. The molecular weight excluding hydrogens is 572 g/mol. The Hall–Kier alpha value is -4.69. The summed E-state index contributed by atoms with van der Waals surface area (Å²) in [7, 11) is 0. The van der Waals surface area contributed by atoms with Crippen LogP contribution in [0.3, 0.4) is 0 Å². The number of ether oxygens (including phenoxy) is 1. The Labute approximate surface area is 271 Å². The molecule has 238 valence electrons. The number of rotatable bonds is 9. The highest BCUT2D eigenvalue weighted by Gasteiger charge is 2.22. The highest BCUT2D eigenvalue weighted by molar-refractivity contribution is 6.07. The Morgan fingerprint density at radius 2 is 1.65 bits per heavy atom. The van der Waals surface area contributed by atoms with E-state index >= 15 is 0 Å². The fourth-order valence-corrected chi connectivity index (χ4v) is 5.89. The van der Waals surface area contributed by atoms with Crippen molar-refractivity contribution >= 4 is 28.3 Å². The SMILES string of the molecule is Cc1ccc(-n2nc(C(C)(C)C)cc2NC(=O)Nc2ccc(OCCc3ccnc(CN4CCCCC4)c3)c3ccccc23)cc1. The highest BCUT2D eigenvalue weighted by Crippen LogP contribution is 2.32. The van der Waals surface area contributed by atoms with E-state index in [0.29, 0.717) is 18.1 Å². The van der Waals surface area contributed by atoms with Gasteiger partial charge in [0.2, 0.25) is 0 Å². The van der Waals surface area contributed by atoms with Crippen LogP contribution in [-0.2, 0) is 18.4 Å². The van der Waals surface area contributed by atoms with Crippen molar-refractivity contribution in [3.05, 3.63) is 108 Å². The number of carbonyl (C=O) groups is 1. The summed E-state index contributed by atoms with van der Waals surface area (Å²) in [5.41, 5.74) is 5.80. The summed E-state index contributed by atoms with van der Waals surface area (Å²) in [5, 5.41) is 12.8. The predicted octanol–water partition coefficient (Wildman–Crippen LogP) is 8.28. The average molecular weight is 617 g/mol. The number of hydrogen-bond donors (Lipinski definition) is 2. The van der Waals surface area contributed by atoms with Crippen molar-refractivity contribution in [2.24, 2.45) is 0 Å². The minimum atomic E-state index is -0.342. The number of pyridine rings is 1. The number of nitrogens with one attached hydrogen (secondary N) is 2. The minimum absolute atomic E-state index is 0.179. The van der Waals surface area contributed by atoms with E-state index in [1.807, 2.05) is 79.9 Å². The second-order valence-electron chi connectivity index (χ2n) is 13.2. The quantitative estimate of drug-likeness (QED) is 0.174. The average Bonchev–Trinajstić information content (AvgIpc) is 3.47. The van der Waals surface area contributed by atoms with Crippen LogP contribution in [0.1, 0.15) is 62.5 Å². The van der Waals surface area contributed by atoms with Gasteiger partial charge in [-0.25, -0.2) is 9.48 Å². The summed E-state index contributed by atoms with van der Waals surface area (Å²) < 4.78 is 8.09. The standard InChI is InChI=1S/C38H44N6O2/c1-27-12-14-30(15-13-27)44-36(25-35(42-44)38(2,3)4)41-37(45)40-33-16-17-34(32-11-7-6-10-31(32)33)46-23-19-28-18-20-39-29(24-28)26-43-21-8-5-9-22-43/h6-7,10-18,20,24-25H,5,8-9,19,21-23,26H2,1-4H3,(H2,40,41,45). The Bertz CT molecular complexity index is 1800. The van der Waals surface area contributed by atoms with Gasteiger partial charge in [0.05, 0.1) is 29.4 Å². The van der Waals surface area contributed by atoms with Gasteiger partial charge in [-0.15, -0.1) is 0 Å². The summed E-state index contributed by atoms with van der Waals surface area (Å²) in [6, 6.07) is 25.8. The number of anilines is 2. The second kappa shape index (κ2) is 13.7. The van der Waals surface area contributed by atoms with E-state index in [1.165, 1.54) is 24.8 Å². The van der Waals surface area contributed by atoms with Crippen LogP contribution in [0.2, 0.25) is 0 Å². The van der Waals surface area contributed by atoms with E-state index in [1.54, 1.807) is 4.68 Å². The Morgan fingerprint density at radius 3 is 2.41 bits per heavy atom. The topological polar surface area (TPSA) is 84.3 Å². The number of fused-ring (bicyclic) bond motifs is 1. The zero-order valence-electron chi connectivity index (χ0n) is 27.3. The van der Waals surface area contributed by atoms with Gasteiger partial charge < -0.3 is 10.1 Å². The molecule has 46 heavy (non-hydrogen) atoms. The number of nitrogens with zero attached hydrogens (tertiary/aromatic N) is 4. The third kappa shape index (κ3) is 7.57. The molecule has 6 rings (SSSR count). The van der Waals surface area contributed by atoms with Crippen LogP contribution in [-0.4, -0.2) is 45.4 Å². The van der Waals surface area contributed by atoms with Gasteiger partial charge in [-0.1, -0.05) is 69.2 Å². The highest BCUT2D eigenvalue weighted by atomic mass is 16.5. The maximum absolute atomic E-state index is 13.4. The Balaban J connectivity index is 1.14. The number of aromatic nitrogens is 3. The number of benzene rings is 3. The third-order valence-corrected chi connectivity index (χ3v) is 8.49. The molecular formula is C38H44N6O2. The molecule has 2 N–H and O–H groups in total. The first-order valence-corrected chi connectivity index (χ1v) is 16.3. The Kier molecular flexibility index (Phi) is 9.35. The molecule has 1 fully saturated rings. The summed E-state index contributed by atoms with van der Waals surface area (Å²) in [6.07, 6.45) is 6.58. The zero-order chi connectivity index (χ0) is 32.1. The summed E-state index contributed by atoms with van der Waals surface area (Å²) in [5.74, 6) is 1.39. The van der Waals surface area contributed by atoms with Gasteiger partial charge in [-0.3, -0.25) is 15.2 Å². The van der Waals surface area contributed by atoms with Gasteiger partial charge in [-0.05, 0) is 74.8 Å². The number of amides is 2. The van der Waals surface area contributed by atoms with Crippen molar-refractivity contribution in [2.75, 3.05) is 30.3 Å². The number of likely N-dealkylation sites (tertiary alicyclic amines) is 1. The fourth-order valence-electron chi connectivity index (χ4n) is 5.89. The van der Waals surface area contributed by atoms with E-state index in [2.05, 4.69) is 53.4 Å². The second-order valence-corrected chi connectivity index (χ2v) is 13.2. The lowest BCUT2D eigenvalue weighted by Crippen LogP contribution is -2.29. The van der Waals surface area contributed by atoms with E-state index in [9.17, 15) is 4.79 Å². The number of carbonyl (C=O) groups excluding carboxylic acids is 1. The van der Waals surface area contributed by atoms with Crippen molar-refractivity contribution in [3.8, 4) is 11.4 Å². The minimum Gasteiger partial charge on any atom is -0.493 e. The van der Waals surface area contributed by atoms with Gasteiger partial charge in [0, 0.05) is 41.4 Å². The molecule has 8 heteroatoms. The molecule has 0 saturated carbocycles. The molecule has 0 atom stereocenters. The number of urea groups is 1. The molecule has 5 aromatic rings. The fraction of sp³-hybridized carbons (Fsp3) is 0.342. The van der Waals surface area contributed by atoms with Crippen molar-refractivity contribution in [3.63, 3.8) is 0 Å². The summed E-state index contributed by atoms with van der Waals surface area (Å²) >= 11 is 0. The smallest absolute Gasteiger partial charge is 0.324 e. The first kappa shape index (κ1) is 31.3. The summed E-state index contributed by atoms with van der Waals surface area (Å²) in [4.78, 5) is 20.5. The van der Waals surface area contributed by atoms with Crippen molar-refractivity contribution in [1.82, 2.24) is 19.7 Å². The van der Waals surface area contributed by atoms with Gasteiger partial charge in [0.25, 0.3) is 0 Å². The molecule has 1 aliphatic heterocycles. The number of aryl methyl sites for hydroxylation is 1. The molecule has 2 amide bonds. The zero-order valence-corrected chi connectivity index (χ0v) is 27.3. The lowest BCUT2D eigenvalue weighted by molar-refractivity contribution is 0.218. The monoisotopic (exact) mass is 616 g/mol. The maximum atomic E-state index is 13.4. The van der Waals surface area contributed by atoms with Gasteiger partial charge >= 0.3 is 6.03 Å². The maximum Gasteiger partial charge on any atom is 0.324 e. The van der Waals surface area contributed by atoms with Crippen LogP contribution >= 0.6 is 0 Å². The summed E-state index contributed by atoms with van der Waals surface area (Å²) in [6.45, 7) is 12.2. The molecule has 2 aromatic heterocycles. The van der Waals surface area contributed by atoms with Crippen LogP contribution in [0.25, 0.3) is 16.5 Å². The van der Waals surface area contributed by atoms with Crippen molar-refractivity contribution < 1.29 is 9.53 Å². The molecule has 3 heterocycles. The van der Waals surface area contributed by atoms with Crippen LogP contribution in [0.4, 0.5) is 16.3 Å². The van der Waals surface area contributed by atoms with Crippen LogP contribution in [0, 0.1) is 6.92 Å². The molecule has 3 aromatic carbocycles. The third-order valence-electron chi connectivity index (χ3n) is 8.49. The molecule has 1 saturated heterocycles. The van der Waals surface area contributed by atoms with E-state index < -0.39 is 0 Å². The predicted molar refractivity (Wildman–Crippen MR) is 186 cm³/mol. The van der Waals surface area contributed by atoms with Crippen LogP contribution in [0.5, 0.6) is 5.75 Å². The first-order valence-electron chi connectivity index (χ1n) is 16.3. The molecule has 0 aliphatic carbocycles. The molecule has 1 aliphatic rings.